The van der Waals surface area contributed by atoms with E-state index in [1.165, 1.54) is 0 Å². The third-order valence-electron chi connectivity index (χ3n) is 3.75. The van der Waals surface area contributed by atoms with Crippen LogP contribution in [-0.4, -0.2) is 27.8 Å². The van der Waals surface area contributed by atoms with Gasteiger partial charge in [-0.25, -0.2) is 4.98 Å². The Morgan fingerprint density at radius 2 is 2.25 bits per heavy atom. The van der Waals surface area contributed by atoms with E-state index in [1.54, 1.807) is 48.6 Å². The Morgan fingerprint density at radius 1 is 1.38 bits per heavy atom. The highest BCUT2D eigenvalue weighted by atomic mass is 32.1. The molecule has 6 nitrogen and oxygen atoms in total. The number of pyridine rings is 1. The zero-order valence-corrected chi connectivity index (χ0v) is 14.3. The number of hydrogen-bond donors (Lipinski definition) is 1. The van der Waals surface area contributed by atoms with Gasteiger partial charge in [-0.15, -0.1) is 0 Å². The van der Waals surface area contributed by atoms with E-state index in [1.807, 2.05) is 17.5 Å². The van der Waals surface area contributed by atoms with Gasteiger partial charge in [0.15, 0.2) is 0 Å². The molecule has 3 aromatic rings. The molecule has 0 spiro atoms. The molecule has 0 saturated heterocycles. The molecule has 0 aliphatic rings. The summed E-state index contributed by atoms with van der Waals surface area (Å²) in [6.45, 7) is 0. The molecule has 3 aromatic heterocycles. The first-order chi connectivity index (χ1) is 11.7. The van der Waals surface area contributed by atoms with Gasteiger partial charge in [-0.2, -0.15) is 16.4 Å². The second-order valence-corrected chi connectivity index (χ2v) is 6.08. The summed E-state index contributed by atoms with van der Waals surface area (Å²) in [4.78, 5) is 16.9. The van der Waals surface area contributed by atoms with Crippen LogP contribution in [-0.2, 0) is 13.5 Å². The normalized spacial score (nSPS) is 11.9. The Kier molecular flexibility index (Phi) is 4.90. The van der Waals surface area contributed by atoms with Gasteiger partial charge in [-0.05, 0) is 40.9 Å². The molecule has 24 heavy (non-hydrogen) atoms. The van der Waals surface area contributed by atoms with Crippen molar-refractivity contribution in [2.75, 3.05) is 7.11 Å². The number of methoxy groups -OCH3 is 1. The van der Waals surface area contributed by atoms with Gasteiger partial charge in [-0.1, -0.05) is 6.07 Å². The van der Waals surface area contributed by atoms with E-state index in [-0.39, 0.29) is 11.9 Å². The molecule has 7 heteroatoms. The van der Waals surface area contributed by atoms with Crippen LogP contribution in [0.1, 0.15) is 27.7 Å². The number of nitrogens with one attached hydrogen (secondary N) is 1. The molecule has 1 amide bonds. The van der Waals surface area contributed by atoms with Crippen molar-refractivity contribution in [3.8, 4) is 5.88 Å². The zero-order chi connectivity index (χ0) is 16.9. The maximum absolute atomic E-state index is 12.6. The fourth-order valence-corrected chi connectivity index (χ4v) is 3.23. The summed E-state index contributed by atoms with van der Waals surface area (Å²) in [7, 11) is 3.32. The predicted molar refractivity (Wildman–Crippen MR) is 92.2 cm³/mol. The first kappa shape index (κ1) is 16.2. The Labute approximate surface area is 144 Å². The molecule has 0 bridgehead atoms. The van der Waals surface area contributed by atoms with Crippen molar-refractivity contribution in [2.45, 2.75) is 12.5 Å². The molecular formula is C17H18N4O2S. The highest BCUT2D eigenvalue weighted by molar-refractivity contribution is 7.07. The van der Waals surface area contributed by atoms with Crippen molar-refractivity contribution < 1.29 is 9.53 Å². The van der Waals surface area contributed by atoms with E-state index in [2.05, 4.69) is 26.8 Å². The lowest BCUT2D eigenvalue weighted by Gasteiger charge is -2.20. The van der Waals surface area contributed by atoms with E-state index < -0.39 is 0 Å². The average Bonchev–Trinajstić information content (AvgIpc) is 3.25. The summed E-state index contributed by atoms with van der Waals surface area (Å²) in [5, 5.41) is 11.2. The summed E-state index contributed by atoms with van der Waals surface area (Å²) in [6.07, 6.45) is 3.94. The van der Waals surface area contributed by atoms with E-state index in [9.17, 15) is 4.79 Å². The Balaban J connectivity index is 1.90. The van der Waals surface area contributed by atoms with Crippen LogP contribution in [0.5, 0.6) is 5.88 Å². The molecular weight excluding hydrogens is 324 g/mol. The Bertz CT molecular complexity index is 814. The number of carbonyl (C=O) groups is 1. The quantitative estimate of drug-likeness (QED) is 0.748. The number of thiophene rings is 1. The van der Waals surface area contributed by atoms with Crippen molar-refractivity contribution in [2.24, 2.45) is 7.05 Å². The van der Waals surface area contributed by atoms with Gasteiger partial charge in [0, 0.05) is 25.0 Å². The van der Waals surface area contributed by atoms with Gasteiger partial charge in [0.1, 0.15) is 5.69 Å². The smallest absolute Gasteiger partial charge is 0.270 e. The first-order valence-corrected chi connectivity index (χ1v) is 8.42. The third-order valence-corrected chi connectivity index (χ3v) is 4.48. The average molecular weight is 342 g/mol. The monoisotopic (exact) mass is 342 g/mol. The highest BCUT2D eigenvalue weighted by Gasteiger charge is 2.22. The molecule has 0 aromatic carbocycles. The molecule has 3 heterocycles. The summed E-state index contributed by atoms with van der Waals surface area (Å²) >= 11 is 1.63. The van der Waals surface area contributed by atoms with Gasteiger partial charge in [0.2, 0.25) is 5.88 Å². The SMILES string of the molecule is COc1ncccc1[C@H](Cc1ccsc1)NC(=O)c1ccnn1C. The van der Waals surface area contributed by atoms with Crippen LogP contribution in [0.3, 0.4) is 0 Å². The number of aryl methyl sites for hydroxylation is 1. The van der Waals surface area contributed by atoms with Gasteiger partial charge >= 0.3 is 0 Å². The molecule has 0 aliphatic heterocycles. The summed E-state index contributed by atoms with van der Waals surface area (Å²) in [5.41, 5.74) is 2.51. The minimum absolute atomic E-state index is 0.180. The maximum atomic E-state index is 12.6. The third kappa shape index (κ3) is 3.46. The topological polar surface area (TPSA) is 69.0 Å². The second-order valence-electron chi connectivity index (χ2n) is 5.30. The number of hydrogen-bond acceptors (Lipinski definition) is 5. The lowest BCUT2D eigenvalue weighted by molar-refractivity contribution is 0.0926. The van der Waals surface area contributed by atoms with Crippen LogP contribution in [0.15, 0.2) is 47.4 Å². The van der Waals surface area contributed by atoms with Gasteiger partial charge in [0.25, 0.3) is 5.91 Å². The van der Waals surface area contributed by atoms with Crippen LogP contribution >= 0.6 is 11.3 Å². The molecule has 3 rings (SSSR count). The van der Waals surface area contributed by atoms with E-state index in [0.717, 1.165) is 11.1 Å². The maximum Gasteiger partial charge on any atom is 0.270 e. The number of ether oxygens (including phenoxy) is 1. The fourth-order valence-electron chi connectivity index (χ4n) is 2.55. The molecule has 0 saturated carbocycles. The van der Waals surface area contributed by atoms with Crippen molar-refractivity contribution in [1.29, 1.82) is 0 Å². The van der Waals surface area contributed by atoms with Gasteiger partial charge in [-0.3, -0.25) is 9.48 Å². The van der Waals surface area contributed by atoms with Crippen molar-refractivity contribution in [3.05, 3.63) is 64.2 Å². The molecule has 0 aliphatic carbocycles. The molecule has 124 valence electrons. The second kappa shape index (κ2) is 7.27. The summed E-state index contributed by atoms with van der Waals surface area (Å²) < 4.78 is 6.92. The number of amides is 1. The number of rotatable bonds is 6. The Hall–Kier alpha value is -2.67. The van der Waals surface area contributed by atoms with Crippen molar-refractivity contribution in [1.82, 2.24) is 20.1 Å². The zero-order valence-electron chi connectivity index (χ0n) is 13.5. The lowest BCUT2D eigenvalue weighted by atomic mass is 10.0. The molecule has 0 radical (unpaired) electrons. The standard InChI is InChI=1S/C17H18N4O2S/c1-21-15(5-8-19-21)16(22)20-14(10-12-6-9-24-11-12)13-4-3-7-18-17(13)23-2/h3-9,11,14H,10H2,1-2H3,(H,20,22)/t14-/m0/s1. The number of aromatic nitrogens is 3. The van der Waals surface area contributed by atoms with Crippen molar-refractivity contribution in [3.63, 3.8) is 0 Å². The minimum Gasteiger partial charge on any atom is -0.481 e. The van der Waals surface area contributed by atoms with Crippen LogP contribution in [0.25, 0.3) is 0 Å². The van der Waals surface area contributed by atoms with Crippen molar-refractivity contribution >= 4 is 17.2 Å². The highest BCUT2D eigenvalue weighted by Crippen LogP contribution is 2.26. The lowest BCUT2D eigenvalue weighted by Crippen LogP contribution is -2.31. The first-order valence-electron chi connectivity index (χ1n) is 7.48. The number of nitrogens with zero attached hydrogens (tertiary/aromatic N) is 3. The summed E-state index contributed by atoms with van der Waals surface area (Å²) in [5.74, 6) is 0.337. The van der Waals surface area contributed by atoms with Crippen LogP contribution in [0.2, 0.25) is 0 Å². The van der Waals surface area contributed by atoms with E-state index in [4.69, 9.17) is 4.74 Å². The Morgan fingerprint density at radius 3 is 2.92 bits per heavy atom. The number of carbonyl (C=O) groups excluding carboxylic acids is 1. The minimum atomic E-state index is -0.245. The van der Waals surface area contributed by atoms with Crippen LogP contribution in [0.4, 0.5) is 0 Å². The van der Waals surface area contributed by atoms with E-state index >= 15 is 0 Å². The fraction of sp³-hybridized carbons (Fsp3) is 0.235. The van der Waals surface area contributed by atoms with Crippen LogP contribution < -0.4 is 10.1 Å². The predicted octanol–water partition coefficient (Wildman–Crippen LogP) is 2.60. The van der Waals surface area contributed by atoms with Gasteiger partial charge in [0.05, 0.1) is 13.2 Å². The molecule has 0 unspecified atom stereocenters. The van der Waals surface area contributed by atoms with Gasteiger partial charge < -0.3 is 10.1 Å². The molecule has 0 fully saturated rings. The van der Waals surface area contributed by atoms with E-state index in [0.29, 0.717) is 18.0 Å². The summed E-state index contributed by atoms with van der Waals surface area (Å²) in [6, 6.07) is 7.26. The van der Waals surface area contributed by atoms with Crippen LogP contribution in [0, 0.1) is 0 Å². The molecule has 1 N–H and O–H groups in total. The largest absolute Gasteiger partial charge is 0.481 e. The molecule has 1 atom stereocenters.